The van der Waals surface area contributed by atoms with E-state index in [1.165, 1.54) is 0 Å². The van der Waals surface area contributed by atoms with Gasteiger partial charge in [0, 0.05) is 5.02 Å². The van der Waals surface area contributed by atoms with E-state index >= 15 is 0 Å². The van der Waals surface area contributed by atoms with Gasteiger partial charge in [0.15, 0.2) is 0 Å². The Kier molecular flexibility index (Phi) is 5.84. The van der Waals surface area contributed by atoms with Crippen molar-refractivity contribution in [1.29, 1.82) is 0 Å². The number of benzene rings is 1. The average Bonchev–Trinajstić information content (AvgIpc) is 2.76. The molecular formula is C25H29ClN2O6. The van der Waals surface area contributed by atoms with Crippen LogP contribution in [0.3, 0.4) is 0 Å². The molecule has 4 fully saturated rings. The molecule has 0 spiro atoms. The van der Waals surface area contributed by atoms with E-state index in [1.54, 1.807) is 31.2 Å². The molecule has 3 atom stereocenters. The van der Waals surface area contributed by atoms with Crippen molar-refractivity contribution in [2.24, 2.45) is 17.3 Å². The Bertz CT molecular complexity index is 1040. The van der Waals surface area contributed by atoms with Crippen molar-refractivity contribution in [2.75, 3.05) is 13.2 Å². The smallest absolute Gasteiger partial charge is 0.338 e. The second kappa shape index (κ2) is 8.57. The first kappa shape index (κ1) is 23.2. The Labute approximate surface area is 203 Å². The van der Waals surface area contributed by atoms with E-state index in [2.05, 4.69) is 10.6 Å². The Morgan fingerprint density at radius 3 is 2.41 bits per heavy atom. The molecule has 3 N–H and O–H groups in total. The van der Waals surface area contributed by atoms with Crippen LogP contribution < -0.4 is 10.6 Å². The molecule has 1 aliphatic heterocycles. The van der Waals surface area contributed by atoms with Crippen molar-refractivity contribution in [3.8, 4) is 0 Å². The van der Waals surface area contributed by atoms with E-state index in [0.717, 1.165) is 32.1 Å². The number of carbonyl (C=O) groups excluding carboxylic acids is 3. The van der Waals surface area contributed by atoms with Gasteiger partial charge >= 0.3 is 18.0 Å². The zero-order valence-corrected chi connectivity index (χ0v) is 19.8. The highest BCUT2D eigenvalue weighted by Crippen LogP contribution is 2.62. The quantitative estimate of drug-likeness (QED) is 0.529. The Balaban J connectivity index is 1.41. The highest BCUT2D eigenvalue weighted by molar-refractivity contribution is 6.30. The molecule has 0 aromatic heterocycles. The number of hydrogen-bond donors (Lipinski definition) is 3. The summed E-state index contributed by atoms with van der Waals surface area (Å²) in [5.74, 6) is -0.307. The van der Waals surface area contributed by atoms with Gasteiger partial charge in [0.05, 0.1) is 34.9 Å². The van der Waals surface area contributed by atoms with Gasteiger partial charge in [-0.1, -0.05) is 23.7 Å². The van der Waals surface area contributed by atoms with Gasteiger partial charge in [-0.25, -0.2) is 9.59 Å². The van der Waals surface area contributed by atoms with Gasteiger partial charge in [-0.2, -0.15) is 0 Å². The maximum Gasteiger partial charge on any atom is 0.338 e. The summed E-state index contributed by atoms with van der Waals surface area (Å²) < 4.78 is 11.0. The van der Waals surface area contributed by atoms with Crippen LogP contribution in [0, 0.1) is 17.3 Å². The Morgan fingerprint density at radius 2 is 1.79 bits per heavy atom. The SMILES string of the molecule is CCOC(=O)C1=C(COC(=O)C23C[C@H]4C[C@@H](CC(O)(C4)C2)C3)NC(=O)N[C@@H]1c1ccc(Cl)cc1. The third-order valence-electron chi connectivity index (χ3n) is 7.66. The average molecular weight is 489 g/mol. The van der Waals surface area contributed by atoms with Crippen LogP contribution in [0.2, 0.25) is 5.02 Å². The molecule has 4 aliphatic carbocycles. The van der Waals surface area contributed by atoms with Gasteiger partial charge in [0.2, 0.25) is 0 Å². The summed E-state index contributed by atoms with van der Waals surface area (Å²) in [6.07, 6.45) is 4.41. The van der Waals surface area contributed by atoms with E-state index < -0.39 is 29.1 Å². The minimum atomic E-state index is -0.791. The summed E-state index contributed by atoms with van der Waals surface area (Å²) in [6, 6.07) is 5.49. The molecule has 4 bridgehead atoms. The number of hydrogen-bond acceptors (Lipinski definition) is 6. The maximum absolute atomic E-state index is 13.3. The van der Waals surface area contributed by atoms with E-state index in [4.69, 9.17) is 21.1 Å². The molecule has 9 heteroatoms. The largest absolute Gasteiger partial charge is 0.463 e. The molecule has 0 saturated heterocycles. The van der Waals surface area contributed by atoms with Crippen LogP contribution >= 0.6 is 11.6 Å². The molecular weight excluding hydrogens is 460 g/mol. The predicted molar refractivity (Wildman–Crippen MR) is 123 cm³/mol. The monoisotopic (exact) mass is 488 g/mol. The zero-order chi connectivity index (χ0) is 24.1. The maximum atomic E-state index is 13.3. The summed E-state index contributed by atoms with van der Waals surface area (Å²) >= 11 is 6.00. The second-order valence-electron chi connectivity index (χ2n) is 10.2. The molecule has 1 heterocycles. The third-order valence-corrected chi connectivity index (χ3v) is 7.92. The summed E-state index contributed by atoms with van der Waals surface area (Å²) in [7, 11) is 0. The molecule has 34 heavy (non-hydrogen) atoms. The van der Waals surface area contributed by atoms with Gasteiger partial charge in [0.1, 0.15) is 6.61 Å². The molecule has 6 rings (SSSR count). The fourth-order valence-corrected chi connectivity index (χ4v) is 6.96. The number of urea groups is 1. The van der Waals surface area contributed by atoms with Crippen LogP contribution in [-0.2, 0) is 19.1 Å². The molecule has 5 aliphatic rings. The van der Waals surface area contributed by atoms with E-state index in [0.29, 0.717) is 28.8 Å². The van der Waals surface area contributed by atoms with Gasteiger partial charge in [-0.05, 0) is 75.0 Å². The van der Waals surface area contributed by atoms with Crippen LogP contribution in [0.1, 0.15) is 57.1 Å². The summed E-state index contributed by atoms with van der Waals surface area (Å²) in [6.45, 7) is 1.59. The fourth-order valence-electron chi connectivity index (χ4n) is 6.83. The normalized spacial score (nSPS) is 33.9. The number of amides is 2. The third kappa shape index (κ3) is 4.18. The van der Waals surface area contributed by atoms with Crippen molar-refractivity contribution < 1.29 is 29.0 Å². The number of rotatable bonds is 6. The highest BCUT2D eigenvalue weighted by Gasteiger charge is 2.61. The molecule has 0 radical (unpaired) electrons. The number of nitrogens with one attached hydrogen (secondary N) is 2. The molecule has 1 aromatic rings. The van der Waals surface area contributed by atoms with E-state index in [-0.39, 0.29) is 30.5 Å². The van der Waals surface area contributed by atoms with Crippen LogP contribution in [0.25, 0.3) is 0 Å². The van der Waals surface area contributed by atoms with Gasteiger partial charge in [0.25, 0.3) is 0 Å². The molecule has 4 saturated carbocycles. The molecule has 182 valence electrons. The van der Waals surface area contributed by atoms with Crippen LogP contribution in [0.5, 0.6) is 0 Å². The number of aliphatic hydroxyl groups is 1. The summed E-state index contributed by atoms with van der Waals surface area (Å²) in [4.78, 5) is 38.7. The molecule has 0 unspecified atom stereocenters. The first-order chi connectivity index (χ1) is 16.2. The fraction of sp³-hybridized carbons (Fsp3) is 0.560. The topological polar surface area (TPSA) is 114 Å². The zero-order valence-electron chi connectivity index (χ0n) is 19.1. The lowest BCUT2D eigenvalue weighted by molar-refractivity contribution is -0.195. The minimum absolute atomic E-state index is 0.154. The second-order valence-corrected chi connectivity index (χ2v) is 10.7. The van der Waals surface area contributed by atoms with Crippen molar-refractivity contribution in [3.63, 3.8) is 0 Å². The van der Waals surface area contributed by atoms with Crippen LogP contribution in [-0.4, -0.2) is 41.9 Å². The van der Waals surface area contributed by atoms with Crippen molar-refractivity contribution >= 4 is 29.6 Å². The minimum Gasteiger partial charge on any atom is -0.463 e. The number of esters is 2. The molecule has 1 aromatic carbocycles. The van der Waals surface area contributed by atoms with Crippen molar-refractivity contribution in [2.45, 2.75) is 57.1 Å². The molecule has 8 nitrogen and oxygen atoms in total. The number of halogens is 1. The highest BCUT2D eigenvalue weighted by atomic mass is 35.5. The lowest BCUT2D eigenvalue weighted by Crippen LogP contribution is -2.58. The summed E-state index contributed by atoms with van der Waals surface area (Å²) in [5.41, 5.74) is -0.467. The Hall–Kier alpha value is -2.58. The lowest BCUT2D eigenvalue weighted by Gasteiger charge is -2.58. The predicted octanol–water partition coefficient (Wildman–Crippen LogP) is 3.39. The standard InChI is InChI=1S/C25H29ClN2O6/c1-2-33-21(29)19-18(27-23(31)28-20(19)16-3-5-17(26)6-4-16)12-34-22(30)24-8-14-7-15(9-24)11-25(32,10-14)13-24/h3-6,14-15,20,32H,2,7-13H2,1H3,(H2,27,28,31)/t14-,15-,20-,24?,25?/m1/s1. The number of carbonyl (C=O) groups is 3. The Morgan fingerprint density at radius 1 is 1.12 bits per heavy atom. The van der Waals surface area contributed by atoms with Gasteiger partial charge < -0.3 is 25.2 Å². The van der Waals surface area contributed by atoms with E-state index in [9.17, 15) is 19.5 Å². The van der Waals surface area contributed by atoms with Crippen molar-refractivity contribution in [1.82, 2.24) is 10.6 Å². The van der Waals surface area contributed by atoms with Crippen molar-refractivity contribution in [3.05, 3.63) is 46.1 Å². The number of ether oxygens (including phenoxy) is 2. The first-order valence-corrected chi connectivity index (χ1v) is 12.2. The van der Waals surface area contributed by atoms with Gasteiger partial charge in [-0.3, -0.25) is 4.79 Å². The first-order valence-electron chi connectivity index (χ1n) is 11.8. The van der Waals surface area contributed by atoms with Gasteiger partial charge in [-0.15, -0.1) is 0 Å². The molecule has 2 amide bonds. The lowest BCUT2D eigenvalue weighted by atomic mass is 9.48. The van der Waals surface area contributed by atoms with E-state index in [1.807, 2.05) is 0 Å². The van der Waals surface area contributed by atoms with Crippen LogP contribution in [0.15, 0.2) is 35.5 Å². The summed E-state index contributed by atoms with van der Waals surface area (Å²) in [5, 5.41) is 16.9. The van der Waals surface area contributed by atoms with Crippen LogP contribution in [0.4, 0.5) is 4.79 Å².